The number of amides is 1. The number of ketones is 1. The van der Waals surface area contributed by atoms with Crippen LogP contribution in [0.25, 0.3) is 0 Å². The Labute approximate surface area is 155 Å². The van der Waals surface area contributed by atoms with Crippen molar-refractivity contribution in [3.63, 3.8) is 0 Å². The summed E-state index contributed by atoms with van der Waals surface area (Å²) < 4.78 is 28.2. The molecule has 0 radical (unpaired) electrons. The van der Waals surface area contributed by atoms with Crippen molar-refractivity contribution in [2.75, 3.05) is 13.1 Å². The molecule has 1 heterocycles. The average molecular weight is 378 g/mol. The number of benzene rings is 1. The molecule has 26 heavy (non-hydrogen) atoms. The molecule has 1 saturated carbocycles. The molecule has 6 nitrogen and oxygen atoms in total. The number of nitrogens with zero attached hydrogens (tertiary/aromatic N) is 1. The highest BCUT2D eigenvalue weighted by atomic mass is 32.2. The van der Waals surface area contributed by atoms with Crippen LogP contribution in [-0.2, 0) is 10.0 Å². The number of Topliss-reactive ketones (excluding diaryl/α,β-unsaturated/α-hetero) is 1. The van der Waals surface area contributed by atoms with Gasteiger partial charge in [-0.3, -0.25) is 9.59 Å². The van der Waals surface area contributed by atoms with E-state index in [1.165, 1.54) is 6.92 Å². The molecule has 0 bridgehead atoms. The van der Waals surface area contributed by atoms with Gasteiger partial charge in [0.2, 0.25) is 10.0 Å². The van der Waals surface area contributed by atoms with Crippen LogP contribution >= 0.6 is 0 Å². The van der Waals surface area contributed by atoms with Crippen LogP contribution in [0.5, 0.6) is 0 Å². The van der Waals surface area contributed by atoms with E-state index in [0.717, 1.165) is 25.7 Å². The fourth-order valence-corrected chi connectivity index (χ4v) is 5.52. The van der Waals surface area contributed by atoms with Gasteiger partial charge in [0.05, 0.1) is 5.25 Å². The Bertz CT molecular complexity index is 767. The van der Waals surface area contributed by atoms with Crippen molar-refractivity contribution in [1.29, 1.82) is 0 Å². The first-order valence-corrected chi connectivity index (χ1v) is 10.8. The van der Waals surface area contributed by atoms with Gasteiger partial charge in [0.1, 0.15) is 0 Å². The second-order valence-corrected chi connectivity index (χ2v) is 9.29. The Morgan fingerprint density at radius 3 is 2.23 bits per heavy atom. The number of carbonyl (C=O) groups is 2. The molecule has 142 valence electrons. The van der Waals surface area contributed by atoms with Crippen molar-refractivity contribution >= 4 is 21.7 Å². The third-order valence-electron chi connectivity index (χ3n) is 5.33. The highest BCUT2D eigenvalue weighted by Crippen LogP contribution is 2.23. The molecule has 1 atom stereocenters. The molecule has 1 aromatic carbocycles. The molecule has 2 fully saturated rings. The number of hydrogen-bond acceptors (Lipinski definition) is 4. The molecule has 7 heteroatoms. The summed E-state index contributed by atoms with van der Waals surface area (Å²) in [5.41, 5.74) is 1.04. The maximum Gasteiger partial charge on any atom is 0.253 e. The summed E-state index contributed by atoms with van der Waals surface area (Å²) in [5, 5.41) is -0.558. The first-order valence-electron chi connectivity index (χ1n) is 9.28. The molecule has 1 amide bonds. The largest absolute Gasteiger partial charge is 0.337 e. The molecule has 0 aromatic heterocycles. The van der Waals surface area contributed by atoms with Crippen LogP contribution in [0.1, 0.15) is 66.2 Å². The van der Waals surface area contributed by atoms with Crippen molar-refractivity contribution in [3.8, 4) is 0 Å². The smallest absolute Gasteiger partial charge is 0.253 e. The van der Waals surface area contributed by atoms with Crippen molar-refractivity contribution < 1.29 is 18.0 Å². The van der Waals surface area contributed by atoms with Crippen LogP contribution in [0.3, 0.4) is 0 Å². The molecule has 3 rings (SSSR count). The maximum absolute atomic E-state index is 12.7. The van der Waals surface area contributed by atoms with Crippen molar-refractivity contribution in [2.24, 2.45) is 0 Å². The topological polar surface area (TPSA) is 83.6 Å². The van der Waals surface area contributed by atoms with Gasteiger partial charge in [0.25, 0.3) is 5.91 Å². The SMILES string of the molecule is CC(=O)c1ccc(C(=O)N2CCC[C@@H](S(=O)(=O)NC3CCCC3)C2)cc1. The zero-order chi connectivity index (χ0) is 18.7. The van der Waals surface area contributed by atoms with Crippen molar-refractivity contribution in [3.05, 3.63) is 35.4 Å². The normalized spacial score (nSPS) is 21.7. The van der Waals surface area contributed by atoms with E-state index in [0.29, 0.717) is 30.5 Å². The molecule has 1 N–H and O–H groups in total. The monoisotopic (exact) mass is 378 g/mol. The van der Waals surface area contributed by atoms with Crippen LogP contribution in [0.4, 0.5) is 0 Å². The first kappa shape index (κ1) is 19.0. The fraction of sp³-hybridized carbons (Fsp3) is 0.579. The van der Waals surface area contributed by atoms with Gasteiger partial charge in [0.15, 0.2) is 5.78 Å². The van der Waals surface area contributed by atoms with Crippen LogP contribution in [0, 0.1) is 0 Å². The lowest BCUT2D eigenvalue weighted by atomic mass is 10.1. The standard InChI is InChI=1S/C19H26N2O4S/c1-14(22)15-8-10-16(11-9-15)19(23)21-12-4-7-18(13-21)26(24,25)20-17-5-2-3-6-17/h8-11,17-18,20H,2-7,12-13H2,1H3/t18-/m1/s1. The number of rotatable bonds is 5. The van der Waals surface area contributed by atoms with Gasteiger partial charge >= 0.3 is 0 Å². The van der Waals surface area contributed by atoms with Gasteiger partial charge in [-0.15, -0.1) is 0 Å². The van der Waals surface area contributed by atoms with Gasteiger partial charge in [-0.25, -0.2) is 13.1 Å². The Balaban J connectivity index is 1.67. The van der Waals surface area contributed by atoms with Gasteiger partial charge in [0, 0.05) is 30.3 Å². The van der Waals surface area contributed by atoms with E-state index in [1.807, 2.05) is 0 Å². The van der Waals surface area contributed by atoms with E-state index in [-0.39, 0.29) is 24.3 Å². The minimum Gasteiger partial charge on any atom is -0.337 e. The van der Waals surface area contributed by atoms with Crippen LogP contribution in [0.2, 0.25) is 0 Å². The van der Waals surface area contributed by atoms with E-state index in [2.05, 4.69) is 4.72 Å². The zero-order valence-electron chi connectivity index (χ0n) is 15.1. The highest BCUT2D eigenvalue weighted by molar-refractivity contribution is 7.90. The summed E-state index contributed by atoms with van der Waals surface area (Å²) in [5.74, 6) is -0.230. The second kappa shape index (κ2) is 7.88. The molecule has 1 aliphatic heterocycles. The summed E-state index contributed by atoms with van der Waals surface area (Å²) in [6.07, 6.45) is 5.19. The van der Waals surface area contributed by atoms with E-state index in [9.17, 15) is 18.0 Å². The van der Waals surface area contributed by atoms with Gasteiger partial charge in [-0.1, -0.05) is 25.0 Å². The lowest BCUT2D eigenvalue weighted by Gasteiger charge is -2.33. The number of piperidine rings is 1. The summed E-state index contributed by atoms with van der Waals surface area (Å²) >= 11 is 0. The molecule has 1 saturated heterocycles. The fourth-order valence-electron chi connectivity index (χ4n) is 3.78. The van der Waals surface area contributed by atoms with E-state index >= 15 is 0 Å². The lowest BCUT2D eigenvalue weighted by Crippen LogP contribution is -2.49. The molecular formula is C19H26N2O4S. The van der Waals surface area contributed by atoms with Crippen LogP contribution in [0.15, 0.2) is 24.3 Å². The Kier molecular flexibility index (Phi) is 5.77. The third kappa shape index (κ3) is 4.32. The molecule has 0 spiro atoms. The van der Waals surface area contributed by atoms with Gasteiger partial charge in [-0.05, 0) is 44.7 Å². The Morgan fingerprint density at radius 2 is 1.62 bits per heavy atom. The van der Waals surface area contributed by atoms with E-state index in [4.69, 9.17) is 0 Å². The van der Waals surface area contributed by atoms with Crippen LogP contribution in [-0.4, -0.2) is 49.4 Å². The third-order valence-corrected chi connectivity index (χ3v) is 7.25. The zero-order valence-corrected chi connectivity index (χ0v) is 15.9. The summed E-state index contributed by atoms with van der Waals surface area (Å²) in [4.78, 5) is 25.7. The molecular weight excluding hydrogens is 352 g/mol. The quantitative estimate of drug-likeness (QED) is 0.797. The van der Waals surface area contributed by atoms with Gasteiger partial charge in [-0.2, -0.15) is 0 Å². The van der Waals surface area contributed by atoms with Crippen molar-refractivity contribution in [2.45, 2.75) is 56.7 Å². The minimum atomic E-state index is -3.42. The van der Waals surface area contributed by atoms with Crippen molar-refractivity contribution in [1.82, 2.24) is 9.62 Å². The number of likely N-dealkylation sites (tertiary alicyclic amines) is 1. The Hall–Kier alpha value is -1.73. The minimum absolute atomic E-state index is 0.0465. The van der Waals surface area contributed by atoms with Gasteiger partial charge < -0.3 is 4.90 Å². The average Bonchev–Trinajstić information content (AvgIpc) is 3.13. The number of sulfonamides is 1. The van der Waals surface area contributed by atoms with E-state index in [1.54, 1.807) is 29.2 Å². The number of hydrogen-bond donors (Lipinski definition) is 1. The summed E-state index contributed by atoms with van der Waals surface area (Å²) in [7, 11) is -3.42. The summed E-state index contributed by atoms with van der Waals surface area (Å²) in [6, 6.07) is 6.58. The number of nitrogens with one attached hydrogen (secondary N) is 1. The molecule has 1 aromatic rings. The predicted octanol–water partition coefficient (Wildman–Crippen LogP) is 2.36. The van der Waals surface area contributed by atoms with E-state index < -0.39 is 15.3 Å². The molecule has 0 unspecified atom stereocenters. The molecule has 2 aliphatic rings. The second-order valence-electron chi connectivity index (χ2n) is 7.29. The first-order chi connectivity index (χ1) is 12.4. The van der Waals surface area contributed by atoms with Crippen LogP contribution < -0.4 is 4.72 Å². The maximum atomic E-state index is 12.7. The highest BCUT2D eigenvalue weighted by Gasteiger charge is 2.34. The molecule has 1 aliphatic carbocycles. The Morgan fingerprint density at radius 1 is 1.00 bits per heavy atom. The lowest BCUT2D eigenvalue weighted by molar-refractivity contribution is 0.0726. The number of carbonyl (C=O) groups excluding carboxylic acids is 2. The summed E-state index contributed by atoms with van der Waals surface area (Å²) in [6.45, 7) is 2.26. The predicted molar refractivity (Wildman–Crippen MR) is 99.7 cm³/mol.